The summed E-state index contributed by atoms with van der Waals surface area (Å²) in [6.45, 7) is 2.53. The molecule has 10 heteroatoms. The van der Waals surface area contributed by atoms with Gasteiger partial charge in [-0.2, -0.15) is 5.11 Å². The summed E-state index contributed by atoms with van der Waals surface area (Å²) in [5.74, 6) is -1.81. The molecule has 40 heavy (non-hydrogen) atoms. The predicted octanol–water partition coefficient (Wildman–Crippen LogP) is 8.26. The zero-order valence-electron chi connectivity index (χ0n) is 22.7. The summed E-state index contributed by atoms with van der Waals surface area (Å²) in [5.41, 5.74) is 2.54. The van der Waals surface area contributed by atoms with Gasteiger partial charge in [-0.05, 0) is 61.0 Å². The number of carbonyl (C=O) groups is 2. The number of carbonyl (C=O) groups excluding carboxylic acids is 2. The van der Waals surface area contributed by atoms with Crippen molar-refractivity contribution < 1.29 is 23.5 Å². The normalized spacial score (nSPS) is 11.2. The molecule has 0 atom stereocenters. The van der Waals surface area contributed by atoms with E-state index in [1.165, 1.54) is 18.6 Å². The monoisotopic (exact) mass is 562 g/mol. The van der Waals surface area contributed by atoms with Crippen LogP contribution < -0.4 is 9.64 Å². The molecular weight excluding hydrogens is 531 g/mol. The van der Waals surface area contributed by atoms with Gasteiger partial charge in [0.05, 0.1) is 28.1 Å². The molecule has 0 unspecified atom stereocenters. The highest BCUT2D eigenvalue weighted by molar-refractivity contribution is 7.20. The number of hydrogen-bond acceptors (Lipinski definition) is 9. The molecule has 0 fully saturated rings. The van der Waals surface area contributed by atoms with Gasteiger partial charge in [-0.3, -0.25) is 0 Å². The predicted molar refractivity (Wildman–Crippen MR) is 155 cm³/mol. The van der Waals surface area contributed by atoms with Crippen molar-refractivity contribution in [1.82, 2.24) is 4.98 Å². The number of nitrogens with zero attached hydrogens (tertiary/aromatic N) is 4. The molecule has 0 aliphatic rings. The summed E-state index contributed by atoms with van der Waals surface area (Å²) in [7, 11) is 3.87. The maximum atomic E-state index is 14.6. The van der Waals surface area contributed by atoms with Crippen LogP contribution in [0.3, 0.4) is 0 Å². The van der Waals surface area contributed by atoms with Crippen molar-refractivity contribution in [3.05, 3.63) is 77.1 Å². The minimum absolute atomic E-state index is 0.0110. The molecule has 0 saturated carbocycles. The van der Waals surface area contributed by atoms with Gasteiger partial charge in [-0.15, -0.1) is 16.5 Å². The number of fused-ring (bicyclic) bond motifs is 1. The zero-order valence-corrected chi connectivity index (χ0v) is 23.5. The van der Waals surface area contributed by atoms with E-state index in [4.69, 9.17) is 9.47 Å². The molecule has 0 spiro atoms. The van der Waals surface area contributed by atoms with Crippen LogP contribution in [0, 0.1) is 5.82 Å². The summed E-state index contributed by atoms with van der Waals surface area (Å²) in [5, 5.41) is 8.12. The lowest BCUT2D eigenvalue weighted by atomic mass is 10.2. The number of ether oxygens (including phenoxy) is 2. The lowest BCUT2D eigenvalue weighted by Crippen LogP contribution is -2.08. The Hall–Kier alpha value is -4.18. The molecule has 1 aromatic heterocycles. The number of azo groups is 1. The first kappa shape index (κ1) is 28.8. The molecule has 4 rings (SSSR count). The van der Waals surface area contributed by atoms with E-state index in [9.17, 15) is 14.0 Å². The van der Waals surface area contributed by atoms with Crippen molar-refractivity contribution in [3.8, 4) is 5.75 Å². The maximum Gasteiger partial charge on any atom is 0.372 e. The van der Waals surface area contributed by atoms with Gasteiger partial charge < -0.3 is 14.4 Å². The smallest absolute Gasteiger partial charge is 0.372 e. The molecule has 3 aromatic carbocycles. The van der Waals surface area contributed by atoms with E-state index in [0.717, 1.165) is 48.8 Å². The Morgan fingerprint density at radius 3 is 2.42 bits per heavy atom. The van der Waals surface area contributed by atoms with Crippen LogP contribution in [0.15, 0.2) is 70.9 Å². The summed E-state index contributed by atoms with van der Waals surface area (Å²) >= 11 is 1.09. The van der Waals surface area contributed by atoms with Crippen LogP contribution in [0.5, 0.6) is 5.75 Å². The van der Waals surface area contributed by atoms with Gasteiger partial charge in [0.25, 0.3) is 0 Å². The highest BCUT2D eigenvalue weighted by atomic mass is 32.1. The molecule has 0 radical (unpaired) electrons. The van der Waals surface area contributed by atoms with Gasteiger partial charge in [0.1, 0.15) is 11.4 Å². The van der Waals surface area contributed by atoms with Gasteiger partial charge in [-0.25, -0.2) is 19.0 Å². The zero-order chi connectivity index (χ0) is 28.5. The number of esters is 2. The fraction of sp³-hybridized carbons (Fsp3) is 0.300. The number of rotatable bonds is 12. The first-order valence-corrected chi connectivity index (χ1v) is 13.9. The van der Waals surface area contributed by atoms with E-state index in [2.05, 4.69) is 22.1 Å². The van der Waals surface area contributed by atoms with E-state index in [-0.39, 0.29) is 16.4 Å². The lowest BCUT2D eigenvalue weighted by Gasteiger charge is -2.11. The van der Waals surface area contributed by atoms with E-state index >= 15 is 0 Å². The summed E-state index contributed by atoms with van der Waals surface area (Å²) in [6, 6.07) is 16.2. The van der Waals surface area contributed by atoms with Crippen LogP contribution in [-0.2, 0) is 4.74 Å². The van der Waals surface area contributed by atoms with Gasteiger partial charge in [0.2, 0.25) is 5.01 Å². The summed E-state index contributed by atoms with van der Waals surface area (Å²) in [6.07, 6.45) is 5.34. The number of aromatic nitrogens is 1. The summed E-state index contributed by atoms with van der Waals surface area (Å²) < 4.78 is 26.0. The van der Waals surface area contributed by atoms with Gasteiger partial charge in [-0.1, -0.05) is 32.6 Å². The Labute approximate surface area is 236 Å². The lowest BCUT2D eigenvalue weighted by molar-refractivity contribution is 0.0497. The molecule has 208 valence electrons. The Balaban J connectivity index is 1.36. The van der Waals surface area contributed by atoms with Crippen LogP contribution in [0.1, 0.15) is 59.2 Å². The van der Waals surface area contributed by atoms with Crippen LogP contribution in [0.25, 0.3) is 10.2 Å². The van der Waals surface area contributed by atoms with Crippen LogP contribution in [-0.4, -0.2) is 37.6 Å². The number of thiazole rings is 1. The average molecular weight is 563 g/mol. The first-order valence-electron chi connectivity index (χ1n) is 13.1. The number of unbranched alkanes of at least 4 members (excludes halogenated alkanes) is 4. The van der Waals surface area contributed by atoms with Gasteiger partial charge in [0, 0.05) is 25.8 Å². The molecule has 0 saturated heterocycles. The van der Waals surface area contributed by atoms with Gasteiger partial charge in [0.15, 0.2) is 5.82 Å². The fourth-order valence-corrected chi connectivity index (χ4v) is 4.69. The minimum atomic E-state index is -0.729. The second-order valence-corrected chi connectivity index (χ2v) is 10.4. The molecule has 0 aliphatic heterocycles. The summed E-state index contributed by atoms with van der Waals surface area (Å²) in [4.78, 5) is 31.4. The third-order valence-electron chi connectivity index (χ3n) is 6.05. The van der Waals surface area contributed by atoms with Crippen LogP contribution in [0.4, 0.5) is 21.5 Å². The first-order chi connectivity index (χ1) is 19.3. The SMILES string of the molecule is CCCCCCCOC(=O)c1ccc2nc(C(=O)Oc3ccc(N=Nc4ccc(N(C)C)cc4)c(F)c3)sc2c1. The Kier molecular flexibility index (Phi) is 9.91. The van der Waals surface area contributed by atoms with Crippen LogP contribution in [0.2, 0.25) is 0 Å². The van der Waals surface area contributed by atoms with E-state index in [1.807, 2.05) is 31.1 Å². The van der Waals surface area contributed by atoms with Crippen molar-refractivity contribution in [3.63, 3.8) is 0 Å². The highest BCUT2D eigenvalue weighted by Crippen LogP contribution is 2.28. The second-order valence-electron chi connectivity index (χ2n) is 9.37. The van der Waals surface area contributed by atoms with Gasteiger partial charge >= 0.3 is 11.9 Å². The van der Waals surface area contributed by atoms with E-state index in [0.29, 0.717) is 28.1 Å². The number of halogens is 1. The molecule has 1 heterocycles. The van der Waals surface area contributed by atoms with E-state index in [1.54, 1.807) is 30.3 Å². The quantitative estimate of drug-likeness (QED) is 0.0747. The Morgan fingerprint density at radius 1 is 0.925 bits per heavy atom. The van der Waals surface area contributed by atoms with E-state index < -0.39 is 17.8 Å². The van der Waals surface area contributed by atoms with Crippen molar-refractivity contribution >= 4 is 50.6 Å². The van der Waals surface area contributed by atoms with Crippen molar-refractivity contribution in [2.45, 2.75) is 39.0 Å². The number of hydrogen-bond donors (Lipinski definition) is 0. The fourth-order valence-electron chi connectivity index (χ4n) is 3.80. The third kappa shape index (κ3) is 7.69. The van der Waals surface area contributed by atoms with Crippen LogP contribution >= 0.6 is 11.3 Å². The number of anilines is 1. The topological polar surface area (TPSA) is 93.4 Å². The minimum Gasteiger partial charge on any atom is -0.462 e. The standard InChI is InChI=1S/C30H31FN4O4S/c1-4-5-6-7-8-17-38-29(36)20-9-15-26-27(18-20)40-28(32-26)30(37)39-23-14-16-25(24(31)19-23)34-33-21-10-12-22(13-11-21)35(2)3/h9-16,18-19H,4-8,17H2,1-3H3. The van der Waals surface area contributed by atoms with Crippen molar-refractivity contribution in [1.29, 1.82) is 0 Å². The Bertz CT molecular complexity index is 1500. The van der Waals surface area contributed by atoms with Crippen molar-refractivity contribution in [2.75, 3.05) is 25.6 Å². The number of benzene rings is 3. The molecule has 0 amide bonds. The second kappa shape index (κ2) is 13.7. The molecule has 0 N–H and O–H groups in total. The maximum absolute atomic E-state index is 14.6. The molecule has 0 bridgehead atoms. The molecule has 4 aromatic rings. The highest BCUT2D eigenvalue weighted by Gasteiger charge is 2.17. The molecule has 8 nitrogen and oxygen atoms in total. The molecular formula is C30H31FN4O4S. The molecule has 0 aliphatic carbocycles. The largest absolute Gasteiger partial charge is 0.462 e. The van der Waals surface area contributed by atoms with Crippen molar-refractivity contribution in [2.24, 2.45) is 10.2 Å². The third-order valence-corrected chi connectivity index (χ3v) is 7.05. The Morgan fingerprint density at radius 2 is 1.70 bits per heavy atom. The average Bonchev–Trinajstić information content (AvgIpc) is 3.38.